The number of esters is 1. The minimum Gasteiger partial charge on any atom is -0.422 e. The number of hydrogen-bond acceptors (Lipinski definition) is 5. The summed E-state index contributed by atoms with van der Waals surface area (Å²) in [5, 5.41) is 16.5. The fourth-order valence-electron chi connectivity index (χ4n) is 2.00. The number of carbonyl (C=O) groups excluding carboxylic acids is 1. The molecule has 2 aromatic carbocycles. The third-order valence-electron chi connectivity index (χ3n) is 3.13. The van der Waals surface area contributed by atoms with Crippen molar-refractivity contribution in [2.45, 2.75) is 6.54 Å². The number of aromatic nitrogens is 3. The van der Waals surface area contributed by atoms with Crippen LogP contribution in [0.25, 0.3) is 0 Å². The lowest BCUT2D eigenvalue weighted by atomic mass is 10.2. The molecule has 0 bridgehead atoms. The van der Waals surface area contributed by atoms with Crippen LogP contribution in [0.1, 0.15) is 21.6 Å². The Hall–Kier alpha value is -3.46. The molecular weight excluding hydrogens is 292 g/mol. The molecule has 3 rings (SSSR count). The topological polar surface area (TPSA) is 80.8 Å². The quantitative estimate of drug-likeness (QED) is 0.546. The van der Waals surface area contributed by atoms with Crippen LogP contribution in [0.2, 0.25) is 0 Å². The molecule has 0 fully saturated rings. The zero-order chi connectivity index (χ0) is 16.1. The average molecular weight is 304 g/mol. The van der Waals surface area contributed by atoms with Crippen LogP contribution in [-0.2, 0) is 6.54 Å². The van der Waals surface area contributed by atoms with E-state index < -0.39 is 5.97 Å². The molecule has 112 valence electrons. The predicted molar refractivity (Wildman–Crippen MR) is 81.7 cm³/mol. The van der Waals surface area contributed by atoms with E-state index in [1.54, 1.807) is 35.1 Å². The van der Waals surface area contributed by atoms with Gasteiger partial charge in [0.2, 0.25) is 0 Å². The van der Waals surface area contributed by atoms with E-state index in [1.165, 1.54) is 0 Å². The van der Waals surface area contributed by atoms with Crippen molar-refractivity contribution in [2.75, 3.05) is 0 Å². The van der Waals surface area contributed by atoms with Crippen LogP contribution < -0.4 is 4.74 Å². The van der Waals surface area contributed by atoms with E-state index in [2.05, 4.69) is 10.3 Å². The van der Waals surface area contributed by atoms with Crippen molar-refractivity contribution in [1.82, 2.24) is 15.0 Å². The van der Waals surface area contributed by atoms with Gasteiger partial charge in [-0.25, -0.2) is 9.48 Å². The van der Waals surface area contributed by atoms with E-state index in [0.717, 1.165) is 5.56 Å². The van der Waals surface area contributed by atoms with Gasteiger partial charge in [0.25, 0.3) is 0 Å². The summed E-state index contributed by atoms with van der Waals surface area (Å²) >= 11 is 0. The maximum Gasteiger partial charge on any atom is 0.365 e. The average Bonchev–Trinajstić information content (AvgIpc) is 3.05. The maximum atomic E-state index is 12.0. The van der Waals surface area contributed by atoms with E-state index in [-0.39, 0.29) is 5.69 Å². The molecule has 6 heteroatoms. The first-order valence-corrected chi connectivity index (χ1v) is 6.91. The molecule has 0 aliphatic rings. The number of nitrogens with zero attached hydrogens (tertiary/aromatic N) is 4. The Morgan fingerprint density at radius 3 is 2.57 bits per heavy atom. The lowest BCUT2D eigenvalue weighted by Crippen LogP contribution is -2.09. The van der Waals surface area contributed by atoms with Crippen LogP contribution in [0.15, 0.2) is 60.8 Å². The molecule has 0 aliphatic carbocycles. The van der Waals surface area contributed by atoms with Crippen LogP contribution in [0, 0.1) is 11.3 Å². The summed E-state index contributed by atoms with van der Waals surface area (Å²) in [6.07, 6.45) is 1.54. The highest BCUT2D eigenvalue weighted by atomic mass is 16.5. The number of carbonyl (C=O) groups is 1. The summed E-state index contributed by atoms with van der Waals surface area (Å²) < 4.78 is 6.77. The van der Waals surface area contributed by atoms with Gasteiger partial charge in [-0.05, 0) is 29.8 Å². The molecule has 23 heavy (non-hydrogen) atoms. The molecule has 1 aromatic heterocycles. The first kappa shape index (κ1) is 14.5. The van der Waals surface area contributed by atoms with Gasteiger partial charge in [-0.3, -0.25) is 0 Å². The van der Waals surface area contributed by atoms with E-state index >= 15 is 0 Å². The summed E-state index contributed by atoms with van der Waals surface area (Å²) in [7, 11) is 0. The number of nitriles is 1. The highest BCUT2D eigenvalue weighted by Crippen LogP contribution is 2.13. The second-order valence-corrected chi connectivity index (χ2v) is 4.81. The normalized spacial score (nSPS) is 10.0. The second kappa shape index (κ2) is 6.54. The van der Waals surface area contributed by atoms with Gasteiger partial charge in [0.15, 0.2) is 5.69 Å². The molecule has 0 radical (unpaired) electrons. The molecule has 0 N–H and O–H groups in total. The van der Waals surface area contributed by atoms with Gasteiger partial charge < -0.3 is 4.74 Å². The molecule has 6 nitrogen and oxygen atoms in total. The van der Waals surface area contributed by atoms with Gasteiger partial charge in [0, 0.05) is 0 Å². The van der Waals surface area contributed by atoms with Crippen LogP contribution in [0.5, 0.6) is 5.75 Å². The number of benzene rings is 2. The largest absolute Gasteiger partial charge is 0.422 e. The Morgan fingerprint density at radius 2 is 1.87 bits per heavy atom. The highest BCUT2D eigenvalue weighted by molar-refractivity contribution is 5.88. The fraction of sp³-hybridized carbons (Fsp3) is 0.0588. The standard InChI is InChI=1S/C17H12N4O2/c18-10-13-6-8-15(9-7-13)23-17(22)16-12-21(20-19-16)11-14-4-2-1-3-5-14/h1-9,12H,11H2. The molecule has 1 heterocycles. The van der Waals surface area contributed by atoms with Crippen LogP contribution >= 0.6 is 0 Å². The Kier molecular flexibility index (Phi) is 4.11. The molecule has 3 aromatic rings. The van der Waals surface area contributed by atoms with Gasteiger partial charge in [0.05, 0.1) is 24.4 Å². The smallest absolute Gasteiger partial charge is 0.365 e. The fourth-order valence-corrected chi connectivity index (χ4v) is 2.00. The first-order valence-electron chi connectivity index (χ1n) is 6.91. The Bertz CT molecular complexity index is 848. The zero-order valence-electron chi connectivity index (χ0n) is 12.1. The molecule has 0 unspecified atom stereocenters. The van der Waals surface area contributed by atoms with E-state index in [1.807, 2.05) is 36.4 Å². The van der Waals surface area contributed by atoms with Crippen molar-refractivity contribution in [2.24, 2.45) is 0 Å². The summed E-state index contributed by atoms with van der Waals surface area (Å²) in [5.41, 5.74) is 1.69. The van der Waals surface area contributed by atoms with Crippen molar-refractivity contribution < 1.29 is 9.53 Å². The SMILES string of the molecule is N#Cc1ccc(OC(=O)c2cn(Cc3ccccc3)nn2)cc1. The summed E-state index contributed by atoms with van der Waals surface area (Å²) in [6, 6.07) is 18.0. The molecule has 0 saturated carbocycles. The van der Waals surface area contributed by atoms with Crippen molar-refractivity contribution in [3.63, 3.8) is 0 Å². The minimum absolute atomic E-state index is 0.130. The maximum absolute atomic E-state index is 12.0. The van der Waals surface area contributed by atoms with Crippen molar-refractivity contribution in [3.8, 4) is 11.8 Å². The summed E-state index contributed by atoms with van der Waals surface area (Å²) in [5.74, 6) is -0.236. The van der Waals surface area contributed by atoms with E-state index in [4.69, 9.17) is 10.00 Å². The molecule has 0 aliphatic heterocycles. The van der Waals surface area contributed by atoms with Gasteiger partial charge in [-0.15, -0.1) is 5.10 Å². The van der Waals surface area contributed by atoms with Gasteiger partial charge in [0.1, 0.15) is 5.75 Å². The van der Waals surface area contributed by atoms with Gasteiger partial charge >= 0.3 is 5.97 Å². The Labute approximate surface area is 132 Å². The third-order valence-corrected chi connectivity index (χ3v) is 3.13. The number of rotatable bonds is 4. The highest BCUT2D eigenvalue weighted by Gasteiger charge is 2.13. The minimum atomic E-state index is -0.589. The van der Waals surface area contributed by atoms with E-state index in [0.29, 0.717) is 17.9 Å². The molecule has 0 spiro atoms. The van der Waals surface area contributed by atoms with Crippen molar-refractivity contribution in [3.05, 3.63) is 77.6 Å². The lowest BCUT2D eigenvalue weighted by molar-refractivity contribution is 0.0728. The predicted octanol–water partition coefficient (Wildman–Crippen LogP) is 2.42. The van der Waals surface area contributed by atoms with Crippen LogP contribution in [0.4, 0.5) is 0 Å². The van der Waals surface area contributed by atoms with E-state index in [9.17, 15) is 4.79 Å². The van der Waals surface area contributed by atoms with Gasteiger partial charge in [-0.2, -0.15) is 5.26 Å². The molecule has 0 atom stereocenters. The lowest BCUT2D eigenvalue weighted by Gasteiger charge is -2.01. The first-order chi connectivity index (χ1) is 11.2. The van der Waals surface area contributed by atoms with Crippen LogP contribution in [-0.4, -0.2) is 21.0 Å². The number of hydrogen-bond donors (Lipinski definition) is 0. The van der Waals surface area contributed by atoms with Crippen molar-refractivity contribution in [1.29, 1.82) is 5.26 Å². The van der Waals surface area contributed by atoms with Crippen LogP contribution in [0.3, 0.4) is 0 Å². The second-order valence-electron chi connectivity index (χ2n) is 4.81. The van der Waals surface area contributed by atoms with Gasteiger partial charge in [-0.1, -0.05) is 35.5 Å². The molecule has 0 amide bonds. The third kappa shape index (κ3) is 3.60. The molecular formula is C17H12N4O2. The Morgan fingerprint density at radius 1 is 1.13 bits per heavy atom. The zero-order valence-corrected chi connectivity index (χ0v) is 12.1. The summed E-state index contributed by atoms with van der Waals surface area (Å²) in [6.45, 7) is 0.526. The Balaban J connectivity index is 1.67. The molecule has 0 saturated heterocycles. The monoisotopic (exact) mass is 304 g/mol. The van der Waals surface area contributed by atoms with Crippen molar-refractivity contribution >= 4 is 5.97 Å². The summed E-state index contributed by atoms with van der Waals surface area (Å²) in [4.78, 5) is 12.0. The number of ether oxygens (including phenoxy) is 1.